The Morgan fingerprint density at radius 2 is 1.85 bits per heavy atom. The Labute approximate surface area is 119 Å². The summed E-state index contributed by atoms with van der Waals surface area (Å²) in [5, 5.41) is 9.33. The fraction of sp³-hybridized carbons (Fsp3) is 0.846. The first-order chi connectivity index (χ1) is 9.20. The zero-order valence-electron chi connectivity index (χ0n) is 12.3. The summed E-state index contributed by atoms with van der Waals surface area (Å²) < 4.78 is 10.7. The van der Waals surface area contributed by atoms with Gasteiger partial charge in [-0.05, 0) is 20.8 Å². The lowest BCUT2D eigenvalue weighted by Crippen LogP contribution is -2.53. The van der Waals surface area contributed by atoms with Crippen LogP contribution in [0.1, 0.15) is 33.6 Å². The van der Waals surface area contributed by atoms with Gasteiger partial charge in [-0.1, -0.05) is 0 Å². The molecule has 1 aliphatic heterocycles. The molecule has 0 bridgehead atoms. The van der Waals surface area contributed by atoms with Gasteiger partial charge >= 0.3 is 12.1 Å². The van der Waals surface area contributed by atoms with E-state index in [0.29, 0.717) is 13.1 Å². The summed E-state index contributed by atoms with van der Waals surface area (Å²) in [6.07, 6.45) is 0.0543. The SMILES string of the molecule is CC(C)(C)OC(=O)N1CCC(OCCN)(C(=O)O)CC1. The van der Waals surface area contributed by atoms with Gasteiger partial charge in [-0.15, -0.1) is 0 Å². The van der Waals surface area contributed by atoms with Gasteiger partial charge in [0.25, 0.3) is 0 Å². The van der Waals surface area contributed by atoms with E-state index in [1.54, 1.807) is 20.8 Å². The molecule has 1 aliphatic rings. The topological polar surface area (TPSA) is 102 Å². The Kier molecular flexibility index (Phi) is 5.35. The number of hydrogen-bond donors (Lipinski definition) is 2. The highest BCUT2D eigenvalue weighted by Crippen LogP contribution is 2.27. The number of carbonyl (C=O) groups excluding carboxylic acids is 1. The molecule has 0 spiro atoms. The Morgan fingerprint density at radius 1 is 1.30 bits per heavy atom. The maximum Gasteiger partial charge on any atom is 0.410 e. The second kappa shape index (κ2) is 6.41. The van der Waals surface area contributed by atoms with E-state index in [4.69, 9.17) is 15.2 Å². The van der Waals surface area contributed by atoms with Crippen molar-refractivity contribution in [3.63, 3.8) is 0 Å². The van der Waals surface area contributed by atoms with E-state index in [9.17, 15) is 14.7 Å². The fourth-order valence-electron chi connectivity index (χ4n) is 2.05. The van der Waals surface area contributed by atoms with Gasteiger partial charge in [-0.25, -0.2) is 9.59 Å². The number of nitrogens with zero attached hydrogens (tertiary/aromatic N) is 1. The molecule has 0 aromatic heterocycles. The Balaban J connectivity index is 2.60. The van der Waals surface area contributed by atoms with Crippen molar-refractivity contribution < 1.29 is 24.2 Å². The molecule has 0 saturated carbocycles. The van der Waals surface area contributed by atoms with Crippen LogP contribution in [-0.4, -0.2) is 59.5 Å². The molecule has 116 valence electrons. The molecule has 0 unspecified atom stereocenters. The van der Waals surface area contributed by atoms with Crippen molar-refractivity contribution in [1.82, 2.24) is 4.90 Å². The van der Waals surface area contributed by atoms with Gasteiger partial charge in [0.15, 0.2) is 5.60 Å². The number of rotatable bonds is 4. The van der Waals surface area contributed by atoms with Crippen molar-refractivity contribution in [3.05, 3.63) is 0 Å². The Hall–Kier alpha value is -1.34. The molecule has 0 radical (unpaired) electrons. The number of carboxylic acids is 1. The van der Waals surface area contributed by atoms with E-state index < -0.39 is 23.3 Å². The molecule has 20 heavy (non-hydrogen) atoms. The van der Waals surface area contributed by atoms with Gasteiger partial charge in [0.1, 0.15) is 5.60 Å². The number of carboxylic acid groups (broad SMARTS) is 1. The van der Waals surface area contributed by atoms with Gasteiger partial charge in [0.2, 0.25) is 0 Å². The third-order valence-corrected chi connectivity index (χ3v) is 3.11. The molecule has 7 nitrogen and oxygen atoms in total. The third-order valence-electron chi connectivity index (χ3n) is 3.11. The molecular formula is C13H24N2O5. The van der Waals surface area contributed by atoms with Crippen molar-refractivity contribution in [2.75, 3.05) is 26.2 Å². The summed E-state index contributed by atoms with van der Waals surface area (Å²) in [6, 6.07) is 0. The molecule has 3 N–H and O–H groups in total. The van der Waals surface area contributed by atoms with Crippen molar-refractivity contribution in [3.8, 4) is 0 Å². The maximum atomic E-state index is 11.9. The second-order valence-corrected chi connectivity index (χ2v) is 5.90. The normalized spacial score (nSPS) is 18.7. The number of nitrogens with two attached hydrogens (primary N) is 1. The van der Waals surface area contributed by atoms with Crippen LogP contribution in [0.5, 0.6) is 0 Å². The first kappa shape index (κ1) is 16.7. The van der Waals surface area contributed by atoms with Crippen LogP contribution in [0, 0.1) is 0 Å². The first-order valence-electron chi connectivity index (χ1n) is 6.75. The molecule has 0 aromatic carbocycles. The number of likely N-dealkylation sites (tertiary alicyclic amines) is 1. The lowest BCUT2D eigenvalue weighted by Gasteiger charge is -2.38. The van der Waals surface area contributed by atoms with E-state index in [1.165, 1.54) is 4.90 Å². The quantitative estimate of drug-likeness (QED) is 0.794. The van der Waals surface area contributed by atoms with Crippen LogP contribution in [0.15, 0.2) is 0 Å². The van der Waals surface area contributed by atoms with E-state index >= 15 is 0 Å². The fourth-order valence-corrected chi connectivity index (χ4v) is 2.05. The largest absolute Gasteiger partial charge is 0.479 e. The smallest absolute Gasteiger partial charge is 0.410 e. The highest BCUT2D eigenvalue weighted by atomic mass is 16.6. The molecule has 0 atom stereocenters. The van der Waals surface area contributed by atoms with E-state index in [0.717, 1.165) is 0 Å². The molecule has 0 aromatic rings. The van der Waals surface area contributed by atoms with Crippen molar-refractivity contribution >= 4 is 12.1 Å². The molecule has 7 heteroatoms. The van der Waals surface area contributed by atoms with Crippen LogP contribution in [0.3, 0.4) is 0 Å². The number of hydrogen-bond acceptors (Lipinski definition) is 5. The van der Waals surface area contributed by atoms with E-state index in [-0.39, 0.29) is 26.0 Å². The van der Waals surface area contributed by atoms with Crippen molar-refractivity contribution in [1.29, 1.82) is 0 Å². The zero-order chi connectivity index (χ0) is 15.4. The number of carbonyl (C=O) groups is 2. The van der Waals surface area contributed by atoms with E-state index in [2.05, 4.69) is 0 Å². The lowest BCUT2D eigenvalue weighted by molar-refractivity contribution is -0.172. The maximum absolute atomic E-state index is 11.9. The van der Waals surface area contributed by atoms with Gasteiger partial charge in [0, 0.05) is 32.5 Å². The van der Waals surface area contributed by atoms with E-state index in [1.807, 2.05) is 0 Å². The van der Waals surface area contributed by atoms with Crippen molar-refractivity contribution in [2.24, 2.45) is 5.73 Å². The van der Waals surface area contributed by atoms with Crippen LogP contribution >= 0.6 is 0 Å². The molecule has 1 rings (SSSR count). The molecule has 1 fully saturated rings. The number of amides is 1. The number of aliphatic carboxylic acids is 1. The summed E-state index contributed by atoms with van der Waals surface area (Å²) in [7, 11) is 0. The standard InChI is InChI=1S/C13H24N2O5/c1-12(2,3)20-11(18)15-7-4-13(5-8-15,10(16)17)19-9-6-14/h4-9,14H2,1-3H3,(H,16,17). The Morgan fingerprint density at radius 3 is 2.25 bits per heavy atom. The van der Waals surface area contributed by atoms with Gasteiger partial charge in [0.05, 0.1) is 6.61 Å². The second-order valence-electron chi connectivity index (χ2n) is 5.90. The summed E-state index contributed by atoms with van der Waals surface area (Å²) in [5.74, 6) is -1.00. The average Bonchev–Trinajstić information content (AvgIpc) is 2.34. The number of piperidine rings is 1. The van der Waals surface area contributed by atoms with Gasteiger partial charge in [-0.2, -0.15) is 0 Å². The van der Waals surface area contributed by atoms with Crippen LogP contribution in [-0.2, 0) is 14.3 Å². The minimum absolute atomic E-state index is 0.193. The van der Waals surface area contributed by atoms with Crippen LogP contribution in [0.4, 0.5) is 4.79 Å². The third kappa shape index (κ3) is 4.35. The summed E-state index contributed by atoms with van der Waals surface area (Å²) in [5.41, 5.74) is 3.55. The predicted molar refractivity (Wildman–Crippen MR) is 72.4 cm³/mol. The molecular weight excluding hydrogens is 264 g/mol. The average molecular weight is 288 g/mol. The van der Waals surface area contributed by atoms with Gasteiger partial charge in [-0.3, -0.25) is 0 Å². The van der Waals surface area contributed by atoms with Crippen LogP contribution < -0.4 is 5.73 Å². The number of ether oxygens (including phenoxy) is 2. The highest BCUT2D eigenvalue weighted by Gasteiger charge is 2.44. The molecule has 1 amide bonds. The summed E-state index contributed by atoms with van der Waals surface area (Å²) in [6.45, 7) is 6.43. The van der Waals surface area contributed by atoms with Crippen LogP contribution in [0.2, 0.25) is 0 Å². The minimum Gasteiger partial charge on any atom is -0.479 e. The lowest BCUT2D eigenvalue weighted by atomic mass is 9.91. The van der Waals surface area contributed by atoms with Crippen LogP contribution in [0.25, 0.3) is 0 Å². The molecule has 0 aliphatic carbocycles. The van der Waals surface area contributed by atoms with Gasteiger partial charge < -0.3 is 25.2 Å². The zero-order valence-corrected chi connectivity index (χ0v) is 12.3. The highest BCUT2D eigenvalue weighted by molar-refractivity contribution is 5.78. The minimum atomic E-state index is -1.24. The summed E-state index contributed by atoms with van der Waals surface area (Å²) >= 11 is 0. The predicted octanol–water partition coefficient (Wildman–Crippen LogP) is 0.816. The Bertz CT molecular complexity index is 356. The first-order valence-corrected chi connectivity index (χ1v) is 6.75. The summed E-state index contributed by atoms with van der Waals surface area (Å²) in [4.78, 5) is 24.8. The monoisotopic (exact) mass is 288 g/mol. The molecule has 1 heterocycles. The molecule has 1 saturated heterocycles. The van der Waals surface area contributed by atoms with Crippen molar-refractivity contribution in [2.45, 2.75) is 44.8 Å².